The summed E-state index contributed by atoms with van der Waals surface area (Å²) in [5, 5.41) is 175. The Morgan fingerprint density at radius 2 is 0.393 bits per heavy atom. The van der Waals surface area contributed by atoms with Crippen LogP contribution in [-0.2, 0) is 0 Å². The van der Waals surface area contributed by atoms with Crippen LogP contribution in [0.2, 0.25) is 0 Å². The van der Waals surface area contributed by atoms with Gasteiger partial charge in [-0.25, -0.2) is 0 Å². The number of aromatic hydroxyl groups is 12. The van der Waals surface area contributed by atoms with Gasteiger partial charge >= 0.3 is 0 Å². The van der Waals surface area contributed by atoms with Crippen LogP contribution in [0.1, 0.15) is 120 Å². The molecule has 0 saturated carbocycles. The van der Waals surface area contributed by atoms with Gasteiger partial charge in [0.25, 0.3) is 0 Å². The molecule has 16 heteroatoms. The van der Waals surface area contributed by atoms with E-state index in [1.165, 1.54) is 24.3 Å². The summed E-state index contributed by atoms with van der Waals surface area (Å²) in [5.41, 5.74) is -1.45. The highest BCUT2D eigenvalue weighted by Gasteiger charge is 2.37. The molecule has 0 aliphatic heterocycles. The van der Waals surface area contributed by atoms with E-state index in [9.17, 15) is 81.7 Å². The number of phenols is 12. The lowest BCUT2D eigenvalue weighted by Crippen LogP contribution is -2.12. The first-order chi connectivity index (χ1) is 26.7. The maximum absolute atomic E-state index is 11.4. The first-order valence-corrected chi connectivity index (χ1v) is 18.2. The Hall–Kier alpha value is -5.68. The van der Waals surface area contributed by atoms with Gasteiger partial charge in [-0.2, -0.15) is 0 Å². The molecule has 0 amide bonds. The molecule has 1 aliphatic rings. The van der Waals surface area contributed by atoms with Crippen molar-refractivity contribution >= 4 is 0 Å². The fourth-order valence-corrected chi connectivity index (χ4v) is 7.98. The van der Waals surface area contributed by atoms with Gasteiger partial charge in [-0.05, 0) is 75.6 Å². The Morgan fingerprint density at radius 3 is 0.518 bits per heavy atom. The van der Waals surface area contributed by atoms with Crippen LogP contribution >= 0.6 is 0 Å². The zero-order valence-corrected chi connectivity index (χ0v) is 30.3. The smallest absolute Gasteiger partial charge is 0.200 e. The Kier molecular flexibility index (Phi) is 12.6. The maximum Gasteiger partial charge on any atom is 0.200 e. The topological polar surface area (TPSA) is 324 Å². The molecule has 4 aromatic rings. The molecule has 0 spiro atoms. The van der Waals surface area contributed by atoms with Gasteiger partial charge in [0.05, 0.1) is 0 Å². The standard InChI is InChI=1S/C40H48O16/c41-9-1-5-17-21-13-23(31(47)37(53)29(21)45)18(6-2-10-42)25-15-27(35(51)39(55)33(25)49)20(8-4-12-44)28-16-26(34(50)40(56)36(28)52)19(7-3-11-43)24-14-22(17)30(46)38(54)32(24)48/h13-20,41-56H,1-12H2. The second-order valence-corrected chi connectivity index (χ2v) is 14.1. The van der Waals surface area contributed by atoms with Crippen LogP contribution in [-0.4, -0.2) is 108 Å². The van der Waals surface area contributed by atoms with Gasteiger partial charge in [-0.3, -0.25) is 0 Å². The summed E-state index contributed by atoms with van der Waals surface area (Å²) in [4.78, 5) is 0. The number of benzene rings is 4. The van der Waals surface area contributed by atoms with Crippen molar-refractivity contribution in [2.75, 3.05) is 26.4 Å². The quantitative estimate of drug-likeness (QED) is 0.0900. The van der Waals surface area contributed by atoms with Crippen molar-refractivity contribution in [1.29, 1.82) is 0 Å². The summed E-state index contributed by atoms with van der Waals surface area (Å²) < 4.78 is 0. The molecule has 0 atom stereocenters. The third kappa shape index (κ3) is 7.23. The monoisotopic (exact) mass is 784 g/mol. The third-order valence-electron chi connectivity index (χ3n) is 10.8. The summed E-state index contributed by atoms with van der Waals surface area (Å²) in [6.45, 7) is -1.63. The average molecular weight is 785 g/mol. The van der Waals surface area contributed by atoms with Gasteiger partial charge in [0.15, 0.2) is 46.0 Å². The van der Waals surface area contributed by atoms with Crippen molar-refractivity contribution in [3.63, 3.8) is 0 Å². The number of phenolic OH excluding ortho intramolecular Hbond substituents is 12. The fourth-order valence-electron chi connectivity index (χ4n) is 7.98. The lowest BCUT2D eigenvalue weighted by atomic mass is 9.76. The normalized spacial score (nSPS) is 17.9. The van der Waals surface area contributed by atoms with Crippen molar-refractivity contribution in [3.8, 4) is 69.0 Å². The van der Waals surface area contributed by atoms with Gasteiger partial charge in [0, 0.05) is 94.6 Å². The minimum atomic E-state index is -1.25. The van der Waals surface area contributed by atoms with Crippen molar-refractivity contribution in [3.05, 3.63) is 68.8 Å². The number of aliphatic hydroxyl groups is 4. The van der Waals surface area contributed by atoms with Crippen molar-refractivity contribution in [2.45, 2.75) is 75.0 Å². The summed E-state index contributed by atoms with van der Waals surface area (Å²) in [7, 11) is 0. The number of hydrogen-bond acceptors (Lipinski definition) is 16. The molecular weight excluding hydrogens is 736 g/mol. The lowest BCUT2D eigenvalue weighted by molar-refractivity contribution is 0.279. The minimum absolute atomic E-state index is 0.000561. The summed E-state index contributed by atoms with van der Waals surface area (Å²) >= 11 is 0. The van der Waals surface area contributed by atoms with Gasteiger partial charge in [-0.1, -0.05) is 0 Å². The SMILES string of the molecule is OCCCC1c2cc(c(O)c(O)c2O)C(CCCO)c2cc(c(O)c(O)c2O)C(CCCO)c2cc(c(O)c(O)c2O)C(CCCO)c2cc1c(O)c(O)c2O. The van der Waals surface area contributed by atoms with Crippen LogP contribution < -0.4 is 0 Å². The van der Waals surface area contributed by atoms with Crippen LogP contribution in [0.4, 0.5) is 0 Å². The van der Waals surface area contributed by atoms with Crippen molar-refractivity contribution in [1.82, 2.24) is 0 Å². The summed E-state index contributed by atoms with van der Waals surface area (Å²) in [6.07, 6.45) is -0.423. The highest BCUT2D eigenvalue weighted by atomic mass is 16.3. The zero-order valence-electron chi connectivity index (χ0n) is 30.3. The van der Waals surface area contributed by atoms with E-state index < -0.39 is 119 Å². The summed E-state index contributed by atoms with van der Waals surface area (Å²) in [6, 6.07) is 4.93. The first-order valence-electron chi connectivity index (χ1n) is 18.2. The molecule has 0 saturated heterocycles. The molecule has 56 heavy (non-hydrogen) atoms. The molecule has 16 nitrogen and oxygen atoms in total. The Balaban J connectivity index is 2.06. The predicted octanol–water partition coefficient (Wildman–Crippen LogP) is 4.08. The minimum Gasteiger partial charge on any atom is -0.504 e. The zero-order chi connectivity index (χ0) is 41.2. The number of hydrogen-bond donors (Lipinski definition) is 16. The molecule has 0 aromatic heterocycles. The third-order valence-corrected chi connectivity index (χ3v) is 10.8. The van der Waals surface area contributed by atoms with E-state index in [0.29, 0.717) is 0 Å². The molecule has 304 valence electrons. The average Bonchev–Trinajstić information content (AvgIpc) is 3.18. The van der Waals surface area contributed by atoms with Crippen LogP contribution in [0.3, 0.4) is 0 Å². The molecule has 4 aromatic carbocycles. The van der Waals surface area contributed by atoms with Crippen molar-refractivity contribution in [2.24, 2.45) is 0 Å². The Morgan fingerprint density at radius 1 is 0.250 bits per heavy atom. The Labute approximate surface area is 320 Å². The van der Waals surface area contributed by atoms with E-state index in [1.807, 2.05) is 0 Å². The van der Waals surface area contributed by atoms with Crippen LogP contribution in [0.15, 0.2) is 24.3 Å². The van der Waals surface area contributed by atoms with E-state index in [4.69, 9.17) is 0 Å². The molecule has 16 N–H and O–H groups in total. The molecule has 0 fully saturated rings. The molecule has 8 bridgehead atoms. The van der Waals surface area contributed by atoms with Crippen LogP contribution in [0.25, 0.3) is 0 Å². The van der Waals surface area contributed by atoms with Gasteiger partial charge in [-0.15, -0.1) is 0 Å². The number of rotatable bonds is 12. The number of fused-ring (bicyclic) bond motifs is 8. The van der Waals surface area contributed by atoms with E-state index in [2.05, 4.69) is 0 Å². The molecule has 0 heterocycles. The highest BCUT2D eigenvalue weighted by molar-refractivity contribution is 5.70. The molecule has 5 rings (SSSR count). The largest absolute Gasteiger partial charge is 0.504 e. The number of aliphatic hydroxyl groups excluding tert-OH is 4. The predicted molar refractivity (Wildman–Crippen MR) is 198 cm³/mol. The molecule has 0 radical (unpaired) electrons. The second-order valence-electron chi connectivity index (χ2n) is 14.1. The molecular formula is C40H48O16. The van der Waals surface area contributed by atoms with Crippen LogP contribution in [0.5, 0.6) is 69.0 Å². The van der Waals surface area contributed by atoms with Gasteiger partial charge in [0.1, 0.15) is 0 Å². The first kappa shape index (κ1) is 41.5. The fraction of sp³-hybridized carbons (Fsp3) is 0.400. The van der Waals surface area contributed by atoms with E-state index in [1.54, 1.807) is 0 Å². The van der Waals surface area contributed by atoms with E-state index in [-0.39, 0.29) is 95.9 Å². The van der Waals surface area contributed by atoms with Crippen molar-refractivity contribution < 1.29 is 81.7 Å². The van der Waals surface area contributed by atoms with E-state index in [0.717, 1.165) is 0 Å². The second kappa shape index (κ2) is 17.0. The maximum atomic E-state index is 11.4. The lowest BCUT2D eigenvalue weighted by Gasteiger charge is -2.30. The van der Waals surface area contributed by atoms with Crippen LogP contribution in [0, 0.1) is 0 Å². The van der Waals surface area contributed by atoms with Gasteiger partial charge in [0.2, 0.25) is 23.0 Å². The molecule has 0 unspecified atom stereocenters. The Bertz CT molecular complexity index is 1670. The highest BCUT2D eigenvalue weighted by Crippen LogP contribution is 2.58. The van der Waals surface area contributed by atoms with Gasteiger partial charge < -0.3 is 81.7 Å². The molecule has 1 aliphatic carbocycles. The van der Waals surface area contributed by atoms with E-state index >= 15 is 0 Å². The summed E-state index contributed by atoms with van der Waals surface area (Å²) in [5.74, 6) is -16.2.